The highest BCUT2D eigenvalue weighted by atomic mass is 32.1. The van der Waals surface area contributed by atoms with E-state index in [1.165, 1.54) is 19.1 Å². The fourth-order valence-electron chi connectivity index (χ4n) is 3.73. The van der Waals surface area contributed by atoms with Gasteiger partial charge in [0.15, 0.2) is 17.2 Å². The van der Waals surface area contributed by atoms with Crippen molar-refractivity contribution in [1.29, 1.82) is 0 Å². The molecule has 1 aromatic heterocycles. The summed E-state index contributed by atoms with van der Waals surface area (Å²) in [5, 5.41) is 2.95. The number of nitrogens with one attached hydrogen (secondary N) is 1. The van der Waals surface area contributed by atoms with Crippen molar-refractivity contribution >= 4 is 40.6 Å². The van der Waals surface area contributed by atoms with Gasteiger partial charge in [-0.25, -0.2) is 0 Å². The molecule has 0 radical (unpaired) electrons. The average molecular weight is 526 g/mol. The second-order valence-corrected chi connectivity index (χ2v) is 9.41. The third-order valence-electron chi connectivity index (χ3n) is 5.66. The molecule has 0 spiro atoms. The summed E-state index contributed by atoms with van der Waals surface area (Å²) in [5.74, 6) is -0.608. The van der Waals surface area contributed by atoms with Gasteiger partial charge in [0, 0.05) is 12.2 Å². The number of benzene rings is 2. The van der Waals surface area contributed by atoms with E-state index < -0.39 is 23.8 Å². The molecule has 1 heterocycles. The zero-order valence-corrected chi connectivity index (χ0v) is 22.0. The van der Waals surface area contributed by atoms with E-state index in [0.717, 1.165) is 18.0 Å². The van der Waals surface area contributed by atoms with Crippen LogP contribution in [0, 0.1) is 5.92 Å². The van der Waals surface area contributed by atoms with E-state index in [2.05, 4.69) is 23.5 Å². The second kappa shape index (κ2) is 12.2. The van der Waals surface area contributed by atoms with Crippen LogP contribution in [-0.2, 0) is 4.79 Å². The predicted molar refractivity (Wildman–Crippen MR) is 143 cm³/mol. The van der Waals surface area contributed by atoms with Crippen LogP contribution in [-0.4, -0.2) is 42.9 Å². The third-order valence-corrected chi connectivity index (χ3v) is 6.51. The number of ether oxygens (including phenoxy) is 2. The highest BCUT2D eigenvalue weighted by molar-refractivity contribution is 7.09. The minimum absolute atomic E-state index is 0.00175. The molecule has 3 aromatic rings. The number of amides is 3. The number of rotatable bonds is 11. The van der Waals surface area contributed by atoms with E-state index in [9.17, 15) is 14.4 Å². The van der Waals surface area contributed by atoms with E-state index >= 15 is 0 Å². The number of nitrogens with two attached hydrogens (primary N) is 2. The zero-order valence-electron chi connectivity index (χ0n) is 21.2. The summed E-state index contributed by atoms with van der Waals surface area (Å²) in [6, 6.07) is 12.6. The highest BCUT2D eigenvalue weighted by Gasteiger charge is 2.36. The first kappa shape index (κ1) is 27.5. The lowest BCUT2D eigenvalue weighted by Crippen LogP contribution is -2.44. The Bertz CT molecular complexity index is 1260. The van der Waals surface area contributed by atoms with Gasteiger partial charge in [-0.1, -0.05) is 38.1 Å². The topological polar surface area (TPSA) is 150 Å². The number of hydrogen-bond acceptors (Lipinski definition) is 8. The summed E-state index contributed by atoms with van der Waals surface area (Å²) in [4.78, 5) is 40.8. The first-order valence-electron chi connectivity index (χ1n) is 11.6. The maximum Gasteiger partial charge on any atom is 0.273 e. The third kappa shape index (κ3) is 6.18. The van der Waals surface area contributed by atoms with Crippen LogP contribution >= 0.6 is 11.5 Å². The Morgan fingerprint density at radius 3 is 2.30 bits per heavy atom. The lowest BCUT2D eigenvalue weighted by atomic mass is 10.0. The summed E-state index contributed by atoms with van der Waals surface area (Å²) in [6.45, 7) is 4.53. The quantitative estimate of drug-likeness (QED) is 0.347. The van der Waals surface area contributed by atoms with Gasteiger partial charge in [0.1, 0.15) is 10.9 Å². The standard InChI is InChI=1S/C26H31N5O5S/c1-15(2)12-13-29-25(33)22(16-10-11-18(35-3)19(14-16)36-4)31(17-8-6-5-7-9-17)26(34)23-20(27)21(24(28)32)30-37-23/h5-11,14-15,22H,12-13,27H2,1-4H3,(H2,28,32)(H,29,33)/t22-/m0/s1. The van der Waals surface area contributed by atoms with Gasteiger partial charge in [-0.3, -0.25) is 19.3 Å². The molecule has 0 saturated heterocycles. The fraction of sp³-hybridized carbons (Fsp3) is 0.308. The van der Waals surface area contributed by atoms with Crippen molar-refractivity contribution in [3.63, 3.8) is 0 Å². The predicted octanol–water partition coefficient (Wildman–Crippen LogP) is 3.39. The van der Waals surface area contributed by atoms with E-state index in [1.54, 1.807) is 48.5 Å². The molecule has 0 aliphatic heterocycles. The molecule has 0 fully saturated rings. The number of carbonyl (C=O) groups excluding carboxylic acids is 3. The molecule has 0 saturated carbocycles. The number of nitrogens with zero attached hydrogens (tertiary/aromatic N) is 2. The van der Waals surface area contributed by atoms with Gasteiger partial charge in [0.25, 0.3) is 11.8 Å². The smallest absolute Gasteiger partial charge is 0.273 e. The monoisotopic (exact) mass is 525 g/mol. The Hall–Kier alpha value is -4.12. The number of para-hydroxylation sites is 1. The molecular formula is C26H31N5O5S. The normalized spacial score (nSPS) is 11.6. The lowest BCUT2D eigenvalue weighted by molar-refractivity contribution is -0.122. The van der Waals surface area contributed by atoms with Crippen LogP contribution in [0.4, 0.5) is 11.4 Å². The molecule has 3 rings (SSSR count). The molecule has 37 heavy (non-hydrogen) atoms. The van der Waals surface area contributed by atoms with Crippen molar-refractivity contribution < 1.29 is 23.9 Å². The van der Waals surface area contributed by atoms with Gasteiger partial charge in [-0.15, -0.1) is 0 Å². The Morgan fingerprint density at radius 1 is 1.05 bits per heavy atom. The van der Waals surface area contributed by atoms with Crippen LogP contribution in [0.1, 0.15) is 52.0 Å². The van der Waals surface area contributed by atoms with Crippen molar-refractivity contribution in [3.05, 3.63) is 64.7 Å². The summed E-state index contributed by atoms with van der Waals surface area (Å²) < 4.78 is 14.8. The van der Waals surface area contributed by atoms with Crippen LogP contribution in [0.5, 0.6) is 11.5 Å². The van der Waals surface area contributed by atoms with Gasteiger partial charge in [-0.2, -0.15) is 4.37 Å². The molecule has 5 N–H and O–H groups in total. The number of aromatic nitrogens is 1. The molecule has 196 valence electrons. The second-order valence-electron chi connectivity index (χ2n) is 8.64. The van der Waals surface area contributed by atoms with Gasteiger partial charge in [-0.05, 0) is 53.7 Å². The molecule has 10 nitrogen and oxygen atoms in total. The molecule has 0 bridgehead atoms. The first-order valence-corrected chi connectivity index (χ1v) is 12.4. The van der Waals surface area contributed by atoms with Crippen LogP contribution in [0.2, 0.25) is 0 Å². The van der Waals surface area contributed by atoms with E-state index in [0.29, 0.717) is 35.2 Å². The van der Waals surface area contributed by atoms with Crippen LogP contribution in [0.3, 0.4) is 0 Å². The summed E-state index contributed by atoms with van der Waals surface area (Å²) in [5.41, 5.74) is 12.1. The highest BCUT2D eigenvalue weighted by Crippen LogP contribution is 2.36. The van der Waals surface area contributed by atoms with Crippen LogP contribution in [0.25, 0.3) is 0 Å². The van der Waals surface area contributed by atoms with Gasteiger partial charge >= 0.3 is 0 Å². The molecule has 11 heteroatoms. The molecule has 1 atom stereocenters. The maximum absolute atomic E-state index is 14.0. The van der Waals surface area contributed by atoms with Crippen molar-refractivity contribution in [2.24, 2.45) is 11.7 Å². The van der Waals surface area contributed by atoms with Crippen molar-refractivity contribution in [1.82, 2.24) is 9.69 Å². The number of carbonyl (C=O) groups is 3. The fourth-order valence-corrected chi connectivity index (χ4v) is 4.47. The number of nitrogen functional groups attached to an aromatic ring is 1. The first-order chi connectivity index (χ1) is 17.7. The largest absolute Gasteiger partial charge is 0.493 e. The number of anilines is 2. The summed E-state index contributed by atoms with van der Waals surface area (Å²) >= 11 is 0.752. The number of methoxy groups -OCH3 is 2. The van der Waals surface area contributed by atoms with Crippen LogP contribution in [0.15, 0.2) is 48.5 Å². The summed E-state index contributed by atoms with van der Waals surface area (Å²) in [6.07, 6.45) is 0.757. The number of primary amides is 1. The zero-order chi connectivity index (χ0) is 27.1. The lowest BCUT2D eigenvalue weighted by Gasteiger charge is -2.31. The van der Waals surface area contributed by atoms with Crippen LogP contribution < -0.4 is 31.2 Å². The van der Waals surface area contributed by atoms with Gasteiger partial charge in [0.2, 0.25) is 5.91 Å². The molecule has 0 unspecified atom stereocenters. The van der Waals surface area contributed by atoms with Crippen molar-refractivity contribution in [2.75, 3.05) is 31.4 Å². The minimum Gasteiger partial charge on any atom is -0.493 e. The Balaban J connectivity index is 2.19. The van der Waals surface area contributed by atoms with E-state index in [-0.39, 0.29) is 16.3 Å². The van der Waals surface area contributed by atoms with Gasteiger partial charge in [0.05, 0.1) is 19.9 Å². The Labute approximate surface area is 219 Å². The van der Waals surface area contributed by atoms with E-state index in [4.69, 9.17) is 20.9 Å². The maximum atomic E-state index is 14.0. The Kier molecular flexibility index (Phi) is 9.07. The molecular weight excluding hydrogens is 494 g/mol. The SMILES string of the molecule is COc1ccc([C@@H](C(=O)NCCC(C)C)N(C(=O)c2snc(C(N)=O)c2N)c2ccccc2)cc1OC. The average Bonchev–Trinajstić information content (AvgIpc) is 3.28. The Morgan fingerprint density at radius 2 is 1.73 bits per heavy atom. The molecule has 2 aromatic carbocycles. The number of hydrogen-bond donors (Lipinski definition) is 3. The van der Waals surface area contributed by atoms with Crippen molar-refractivity contribution in [3.8, 4) is 11.5 Å². The molecule has 3 amide bonds. The minimum atomic E-state index is -1.11. The molecule has 0 aliphatic carbocycles. The van der Waals surface area contributed by atoms with E-state index in [1.807, 2.05) is 0 Å². The van der Waals surface area contributed by atoms with Gasteiger partial charge < -0.3 is 26.3 Å². The summed E-state index contributed by atoms with van der Waals surface area (Å²) in [7, 11) is 3.00. The molecule has 0 aliphatic rings. The van der Waals surface area contributed by atoms with Crippen molar-refractivity contribution in [2.45, 2.75) is 26.3 Å².